The van der Waals surface area contributed by atoms with Crippen molar-refractivity contribution >= 4 is 34.8 Å². The van der Waals surface area contributed by atoms with Crippen LogP contribution in [0.5, 0.6) is 0 Å². The molecule has 144 valence electrons. The summed E-state index contributed by atoms with van der Waals surface area (Å²) in [5.41, 5.74) is 2.81. The first kappa shape index (κ1) is 19.5. The topological polar surface area (TPSA) is 83.4 Å². The van der Waals surface area contributed by atoms with E-state index < -0.39 is 0 Å². The summed E-state index contributed by atoms with van der Waals surface area (Å²) in [5, 5.41) is 9.26. The summed E-state index contributed by atoms with van der Waals surface area (Å²) in [5.74, 6) is 0.265. The van der Waals surface area contributed by atoms with Crippen LogP contribution in [-0.2, 0) is 11.3 Å². The second-order valence-corrected chi connectivity index (χ2v) is 6.56. The van der Waals surface area contributed by atoms with E-state index >= 15 is 0 Å². The largest absolute Gasteiger partial charge is 0.467 e. The molecule has 7 heteroatoms. The van der Waals surface area contributed by atoms with Crippen molar-refractivity contribution in [2.24, 2.45) is 0 Å². The van der Waals surface area contributed by atoms with Crippen LogP contribution in [0.25, 0.3) is 0 Å². The van der Waals surface area contributed by atoms with Gasteiger partial charge in [0.25, 0.3) is 5.91 Å². The lowest BCUT2D eigenvalue weighted by atomic mass is 10.2. The molecule has 1 heterocycles. The molecule has 3 N–H and O–H groups in total. The molecule has 0 atom stereocenters. The summed E-state index contributed by atoms with van der Waals surface area (Å²) in [6.45, 7) is 2.31. The van der Waals surface area contributed by atoms with Crippen LogP contribution >= 0.6 is 11.6 Å². The van der Waals surface area contributed by atoms with Gasteiger partial charge in [0, 0.05) is 22.0 Å². The Morgan fingerprint density at radius 3 is 2.54 bits per heavy atom. The van der Waals surface area contributed by atoms with Crippen LogP contribution in [0.3, 0.4) is 0 Å². The number of furan rings is 1. The minimum Gasteiger partial charge on any atom is -0.467 e. The molecule has 0 bridgehead atoms. The maximum absolute atomic E-state index is 12.1. The van der Waals surface area contributed by atoms with Gasteiger partial charge in [0.2, 0.25) is 5.91 Å². The molecule has 6 nitrogen and oxygen atoms in total. The molecular weight excluding hydrogens is 378 g/mol. The van der Waals surface area contributed by atoms with Crippen molar-refractivity contribution in [2.75, 3.05) is 17.2 Å². The number of nitrogens with one attached hydrogen (secondary N) is 3. The second-order valence-electron chi connectivity index (χ2n) is 6.15. The molecule has 0 radical (unpaired) electrons. The average Bonchev–Trinajstić information content (AvgIpc) is 3.21. The molecule has 1 aromatic heterocycles. The normalized spacial score (nSPS) is 10.4. The Morgan fingerprint density at radius 2 is 1.82 bits per heavy atom. The van der Waals surface area contributed by atoms with Crippen molar-refractivity contribution in [2.45, 2.75) is 13.5 Å². The smallest absolute Gasteiger partial charge is 0.251 e. The zero-order chi connectivity index (χ0) is 19.9. The fourth-order valence-corrected chi connectivity index (χ4v) is 2.74. The molecule has 0 aliphatic rings. The van der Waals surface area contributed by atoms with Gasteiger partial charge in [-0.25, -0.2) is 0 Å². The number of hydrogen-bond acceptors (Lipinski definition) is 4. The van der Waals surface area contributed by atoms with Gasteiger partial charge in [0.1, 0.15) is 5.76 Å². The Labute approximate surface area is 167 Å². The summed E-state index contributed by atoms with van der Waals surface area (Å²) in [6, 6.07) is 15.7. The van der Waals surface area contributed by atoms with Crippen molar-refractivity contribution in [3.63, 3.8) is 0 Å². The van der Waals surface area contributed by atoms with E-state index in [1.165, 1.54) is 0 Å². The molecule has 3 aromatic rings. The van der Waals surface area contributed by atoms with E-state index in [2.05, 4.69) is 16.0 Å². The van der Waals surface area contributed by atoms with Gasteiger partial charge in [0.05, 0.1) is 19.4 Å². The molecule has 0 saturated carbocycles. The van der Waals surface area contributed by atoms with Crippen LogP contribution < -0.4 is 16.0 Å². The van der Waals surface area contributed by atoms with Crippen LogP contribution in [-0.4, -0.2) is 18.4 Å². The van der Waals surface area contributed by atoms with Crippen LogP contribution in [0.4, 0.5) is 11.4 Å². The molecule has 2 amide bonds. The highest BCUT2D eigenvalue weighted by molar-refractivity contribution is 6.31. The molecule has 0 aliphatic carbocycles. The Balaban J connectivity index is 1.49. The van der Waals surface area contributed by atoms with E-state index in [-0.39, 0.29) is 18.4 Å². The van der Waals surface area contributed by atoms with Gasteiger partial charge in [-0.3, -0.25) is 9.59 Å². The third-order valence-corrected chi connectivity index (χ3v) is 4.55. The summed E-state index contributed by atoms with van der Waals surface area (Å²) < 4.78 is 5.18. The number of benzene rings is 2. The zero-order valence-corrected chi connectivity index (χ0v) is 16.0. The first-order valence-corrected chi connectivity index (χ1v) is 9.10. The number of carbonyl (C=O) groups is 2. The minimum absolute atomic E-state index is 0.104. The van der Waals surface area contributed by atoms with E-state index in [4.69, 9.17) is 16.0 Å². The van der Waals surface area contributed by atoms with Crippen LogP contribution in [0.15, 0.2) is 65.3 Å². The highest BCUT2D eigenvalue weighted by Crippen LogP contribution is 2.22. The first-order chi connectivity index (χ1) is 13.5. The van der Waals surface area contributed by atoms with Crippen molar-refractivity contribution < 1.29 is 14.0 Å². The van der Waals surface area contributed by atoms with Gasteiger partial charge < -0.3 is 20.4 Å². The molecule has 0 spiro atoms. The molecule has 0 saturated heterocycles. The summed E-state index contributed by atoms with van der Waals surface area (Å²) in [4.78, 5) is 24.3. The Bertz CT molecular complexity index is 954. The van der Waals surface area contributed by atoms with Crippen molar-refractivity contribution in [3.05, 3.63) is 82.8 Å². The number of hydrogen-bond donors (Lipinski definition) is 3. The van der Waals surface area contributed by atoms with E-state index in [1.54, 1.807) is 48.7 Å². The van der Waals surface area contributed by atoms with Gasteiger partial charge in [-0.1, -0.05) is 17.7 Å². The summed E-state index contributed by atoms with van der Waals surface area (Å²) in [7, 11) is 0. The number of rotatable bonds is 7. The fraction of sp³-hybridized carbons (Fsp3) is 0.143. The lowest BCUT2D eigenvalue weighted by Gasteiger charge is -2.11. The molecule has 0 unspecified atom stereocenters. The fourth-order valence-electron chi connectivity index (χ4n) is 2.57. The van der Waals surface area contributed by atoms with Gasteiger partial charge in [-0.05, 0) is 61.0 Å². The van der Waals surface area contributed by atoms with E-state index in [0.717, 1.165) is 11.3 Å². The maximum Gasteiger partial charge on any atom is 0.251 e. The summed E-state index contributed by atoms with van der Waals surface area (Å²) in [6.07, 6.45) is 1.56. The molecule has 0 fully saturated rings. The highest BCUT2D eigenvalue weighted by atomic mass is 35.5. The minimum atomic E-state index is -0.215. The van der Waals surface area contributed by atoms with E-state index in [0.29, 0.717) is 28.6 Å². The van der Waals surface area contributed by atoms with Gasteiger partial charge in [-0.2, -0.15) is 0 Å². The van der Waals surface area contributed by atoms with Crippen molar-refractivity contribution in [1.82, 2.24) is 5.32 Å². The van der Waals surface area contributed by atoms with Crippen molar-refractivity contribution in [3.8, 4) is 0 Å². The van der Waals surface area contributed by atoms with Gasteiger partial charge in [-0.15, -0.1) is 0 Å². The number of halogens is 1. The third kappa shape index (κ3) is 5.14. The molecular formula is C21H20ClN3O3. The lowest BCUT2D eigenvalue weighted by molar-refractivity contribution is -0.114. The third-order valence-electron chi connectivity index (χ3n) is 4.14. The van der Waals surface area contributed by atoms with E-state index in [1.807, 2.05) is 19.1 Å². The average molecular weight is 398 g/mol. The Hall–Kier alpha value is -3.25. The van der Waals surface area contributed by atoms with Crippen LogP contribution in [0, 0.1) is 6.92 Å². The van der Waals surface area contributed by atoms with Crippen molar-refractivity contribution in [1.29, 1.82) is 0 Å². The monoisotopic (exact) mass is 397 g/mol. The maximum atomic E-state index is 12.1. The van der Waals surface area contributed by atoms with Crippen LogP contribution in [0.2, 0.25) is 5.02 Å². The number of amides is 2. The molecule has 3 rings (SSSR count). The predicted molar refractivity (Wildman–Crippen MR) is 110 cm³/mol. The molecule has 28 heavy (non-hydrogen) atoms. The van der Waals surface area contributed by atoms with Gasteiger partial charge >= 0.3 is 0 Å². The molecule has 2 aromatic carbocycles. The van der Waals surface area contributed by atoms with E-state index in [9.17, 15) is 9.59 Å². The quantitative estimate of drug-likeness (QED) is 0.557. The number of carbonyl (C=O) groups excluding carboxylic acids is 2. The standard InChI is InChI=1S/C21H20ClN3O3/c1-14-18(22)5-2-6-19(14)23-13-20(26)25-16-9-7-15(8-10-16)21(27)24-12-17-4-3-11-28-17/h2-11,23H,12-13H2,1H3,(H,24,27)(H,25,26). The Morgan fingerprint density at radius 1 is 1.04 bits per heavy atom. The zero-order valence-electron chi connectivity index (χ0n) is 15.3. The van der Waals surface area contributed by atoms with Crippen LogP contribution in [0.1, 0.15) is 21.7 Å². The molecule has 0 aliphatic heterocycles. The van der Waals surface area contributed by atoms with Gasteiger partial charge in [0.15, 0.2) is 0 Å². The first-order valence-electron chi connectivity index (χ1n) is 8.72. The SMILES string of the molecule is Cc1c(Cl)cccc1NCC(=O)Nc1ccc(C(=O)NCc2ccco2)cc1. The lowest BCUT2D eigenvalue weighted by Crippen LogP contribution is -2.23. The number of anilines is 2. The highest BCUT2D eigenvalue weighted by Gasteiger charge is 2.08. The predicted octanol–water partition coefficient (Wildman–Crippen LogP) is 4.22. The Kier molecular flexibility index (Phi) is 6.34. The second kappa shape index (κ2) is 9.10. The summed E-state index contributed by atoms with van der Waals surface area (Å²) >= 11 is 6.07.